The van der Waals surface area contributed by atoms with Gasteiger partial charge >= 0.3 is 0 Å². The summed E-state index contributed by atoms with van der Waals surface area (Å²) in [4.78, 5) is 35.3. The number of ether oxygens (including phenoxy) is 1. The number of pyridine rings is 1. The van der Waals surface area contributed by atoms with Crippen molar-refractivity contribution in [1.82, 2.24) is 24.6 Å². The SMILES string of the molecule is Cc1cnc2c(c1)CC1c3cc4c(cc3C(=O)N21)[nH]c(=O)c1nnc(C2CCOCC2)n14. The molecule has 0 bridgehead atoms. The number of rotatable bonds is 1. The summed E-state index contributed by atoms with van der Waals surface area (Å²) in [5.41, 5.74) is 5.16. The van der Waals surface area contributed by atoms with Gasteiger partial charge in [-0.2, -0.15) is 0 Å². The summed E-state index contributed by atoms with van der Waals surface area (Å²) >= 11 is 0. The maximum absolute atomic E-state index is 13.3. The summed E-state index contributed by atoms with van der Waals surface area (Å²) in [6.07, 6.45) is 4.21. The lowest BCUT2D eigenvalue weighted by Crippen LogP contribution is -2.24. The van der Waals surface area contributed by atoms with E-state index in [1.54, 1.807) is 17.2 Å². The fourth-order valence-electron chi connectivity index (χ4n) is 5.48. The van der Waals surface area contributed by atoms with E-state index in [0.29, 0.717) is 24.3 Å². The number of anilines is 1. The van der Waals surface area contributed by atoms with Crippen molar-refractivity contribution in [3.8, 4) is 0 Å². The average molecular weight is 428 g/mol. The summed E-state index contributed by atoms with van der Waals surface area (Å²) in [5, 5.41) is 8.60. The van der Waals surface area contributed by atoms with Crippen molar-refractivity contribution < 1.29 is 9.53 Å². The second-order valence-corrected chi connectivity index (χ2v) is 8.91. The Kier molecular flexibility index (Phi) is 3.51. The van der Waals surface area contributed by atoms with E-state index in [1.165, 1.54) is 0 Å². The summed E-state index contributed by atoms with van der Waals surface area (Å²) in [5.74, 6) is 1.62. The Balaban J connectivity index is 1.46. The van der Waals surface area contributed by atoms with Crippen molar-refractivity contribution in [2.75, 3.05) is 18.1 Å². The van der Waals surface area contributed by atoms with E-state index in [4.69, 9.17) is 4.74 Å². The number of carbonyl (C=O) groups excluding carboxylic acids is 1. The van der Waals surface area contributed by atoms with Crippen molar-refractivity contribution in [1.29, 1.82) is 0 Å². The fraction of sp³-hybridized carbons (Fsp3) is 0.348. The summed E-state index contributed by atoms with van der Waals surface area (Å²) in [7, 11) is 0. The van der Waals surface area contributed by atoms with Crippen molar-refractivity contribution in [3.63, 3.8) is 0 Å². The molecule has 0 radical (unpaired) electrons. The molecule has 3 aromatic heterocycles. The largest absolute Gasteiger partial charge is 0.381 e. The number of aryl methyl sites for hydroxylation is 1. The third kappa shape index (κ3) is 2.28. The molecule has 1 aromatic carbocycles. The van der Waals surface area contributed by atoms with Gasteiger partial charge in [0.05, 0.1) is 17.1 Å². The third-order valence-electron chi connectivity index (χ3n) is 6.98. The smallest absolute Gasteiger partial charge is 0.294 e. The average Bonchev–Trinajstić information content (AvgIpc) is 3.47. The molecule has 1 fully saturated rings. The number of amides is 1. The molecule has 0 spiro atoms. The van der Waals surface area contributed by atoms with Crippen LogP contribution < -0.4 is 10.5 Å². The monoisotopic (exact) mass is 428 g/mol. The minimum Gasteiger partial charge on any atom is -0.381 e. The van der Waals surface area contributed by atoms with Gasteiger partial charge in [-0.1, -0.05) is 6.07 Å². The third-order valence-corrected chi connectivity index (χ3v) is 6.98. The molecule has 0 saturated carbocycles. The van der Waals surface area contributed by atoms with Crippen LogP contribution in [-0.2, 0) is 11.2 Å². The predicted molar refractivity (Wildman–Crippen MR) is 116 cm³/mol. The zero-order chi connectivity index (χ0) is 21.6. The Bertz CT molecular complexity index is 1510. The van der Waals surface area contributed by atoms with Gasteiger partial charge in [0.25, 0.3) is 11.5 Å². The number of hydrogen-bond donors (Lipinski definition) is 1. The van der Waals surface area contributed by atoms with Crippen LogP contribution in [-0.4, -0.2) is 43.7 Å². The van der Waals surface area contributed by atoms with E-state index in [9.17, 15) is 9.59 Å². The molecular weight excluding hydrogens is 408 g/mol. The maximum Gasteiger partial charge on any atom is 0.294 e. The first-order valence-electron chi connectivity index (χ1n) is 10.9. The van der Waals surface area contributed by atoms with E-state index in [1.807, 2.05) is 17.4 Å². The highest BCUT2D eigenvalue weighted by Gasteiger charge is 2.44. The molecule has 1 unspecified atom stereocenters. The molecule has 4 aromatic rings. The Morgan fingerprint density at radius 1 is 1.12 bits per heavy atom. The molecule has 3 aliphatic rings. The Labute approximate surface area is 182 Å². The van der Waals surface area contributed by atoms with Crippen LogP contribution in [0.5, 0.6) is 0 Å². The van der Waals surface area contributed by atoms with Gasteiger partial charge in [0.2, 0.25) is 5.65 Å². The van der Waals surface area contributed by atoms with Crippen LogP contribution in [0.4, 0.5) is 5.82 Å². The van der Waals surface area contributed by atoms with E-state index < -0.39 is 0 Å². The van der Waals surface area contributed by atoms with Gasteiger partial charge in [-0.15, -0.1) is 10.2 Å². The number of benzene rings is 1. The fourth-order valence-corrected chi connectivity index (χ4v) is 5.48. The number of fused-ring (bicyclic) bond motifs is 8. The highest BCUT2D eigenvalue weighted by molar-refractivity contribution is 6.13. The quantitative estimate of drug-likeness (QED) is 0.499. The number of hydrogen-bond acceptors (Lipinski definition) is 6. The van der Waals surface area contributed by atoms with Crippen LogP contribution in [0.1, 0.15) is 57.7 Å². The van der Waals surface area contributed by atoms with E-state index in [-0.39, 0.29) is 29.1 Å². The number of carbonyl (C=O) groups is 1. The van der Waals surface area contributed by atoms with E-state index in [2.05, 4.69) is 26.2 Å². The molecule has 1 amide bonds. The molecule has 160 valence electrons. The summed E-state index contributed by atoms with van der Waals surface area (Å²) in [6.45, 7) is 3.36. The summed E-state index contributed by atoms with van der Waals surface area (Å²) < 4.78 is 7.38. The predicted octanol–water partition coefficient (Wildman–Crippen LogP) is 2.43. The normalized spacial score (nSPS) is 20.2. The molecule has 7 rings (SSSR count). The van der Waals surface area contributed by atoms with E-state index >= 15 is 0 Å². The van der Waals surface area contributed by atoms with Crippen molar-refractivity contribution in [2.45, 2.75) is 38.1 Å². The molecule has 32 heavy (non-hydrogen) atoms. The first kappa shape index (κ1) is 18.0. The second kappa shape index (κ2) is 6.23. The van der Waals surface area contributed by atoms with Gasteiger partial charge in [0.1, 0.15) is 11.6 Å². The van der Waals surface area contributed by atoms with Crippen LogP contribution >= 0.6 is 0 Å². The Morgan fingerprint density at radius 3 is 2.81 bits per heavy atom. The van der Waals surface area contributed by atoms with Crippen molar-refractivity contribution in [2.24, 2.45) is 0 Å². The molecule has 1 atom stereocenters. The van der Waals surface area contributed by atoms with Gasteiger partial charge in [0, 0.05) is 37.3 Å². The second-order valence-electron chi connectivity index (χ2n) is 8.91. The Morgan fingerprint density at radius 2 is 1.97 bits per heavy atom. The molecule has 3 aliphatic heterocycles. The zero-order valence-corrected chi connectivity index (χ0v) is 17.5. The van der Waals surface area contributed by atoms with Crippen LogP contribution in [0, 0.1) is 6.92 Å². The maximum atomic E-state index is 13.3. The molecule has 0 aliphatic carbocycles. The highest BCUT2D eigenvalue weighted by Crippen LogP contribution is 2.46. The van der Waals surface area contributed by atoms with Crippen LogP contribution in [0.3, 0.4) is 0 Å². The molecular formula is C23H20N6O3. The van der Waals surface area contributed by atoms with Crippen LogP contribution in [0.25, 0.3) is 16.7 Å². The van der Waals surface area contributed by atoms with Gasteiger partial charge in [-0.05, 0) is 48.6 Å². The topological polar surface area (TPSA) is 105 Å². The van der Waals surface area contributed by atoms with Gasteiger partial charge < -0.3 is 9.72 Å². The first-order chi connectivity index (χ1) is 15.6. The number of nitrogens with one attached hydrogen (secondary N) is 1. The zero-order valence-electron chi connectivity index (χ0n) is 17.5. The molecule has 9 nitrogen and oxygen atoms in total. The van der Waals surface area contributed by atoms with Crippen LogP contribution in [0.2, 0.25) is 0 Å². The number of aromatic amines is 1. The lowest BCUT2D eigenvalue weighted by molar-refractivity contribution is 0.0834. The van der Waals surface area contributed by atoms with Gasteiger partial charge in [0.15, 0.2) is 0 Å². The van der Waals surface area contributed by atoms with E-state index in [0.717, 1.165) is 53.1 Å². The van der Waals surface area contributed by atoms with Crippen molar-refractivity contribution >= 4 is 28.4 Å². The standard InChI is InChI=1S/C23H20N6O3/c1-11-6-13-7-17-14-9-18-16(8-15(14)23(31)29(17)19(13)24-10-11)25-22(30)21-27-26-20(28(18)21)12-2-4-32-5-3-12/h6,8-10,12,17H,2-5,7H2,1H3,(H,25,30). The molecule has 1 saturated heterocycles. The van der Waals surface area contributed by atoms with Gasteiger partial charge in [-0.25, -0.2) is 4.98 Å². The lowest BCUT2D eigenvalue weighted by Gasteiger charge is -2.21. The number of nitrogens with zero attached hydrogens (tertiary/aromatic N) is 5. The minimum absolute atomic E-state index is 0.0728. The first-order valence-corrected chi connectivity index (χ1v) is 10.9. The number of aromatic nitrogens is 5. The Hall–Kier alpha value is -3.59. The number of H-pyrrole nitrogens is 1. The van der Waals surface area contributed by atoms with Crippen molar-refractivity contribution in [3.05, 3.63) is 62.8 Å². The summed E-state index contributed by atoms with van der Waals surface area (Å²) in [6, 6.07) is 5.85. The highest BCUT2D eigenvalue weighted by atomic mass is 16.5. The van der Waals surface area contributed by atoms with Crippen LogP contribution in [0.15, 0.2) is 29.2 Å². The minimum atomic E-state index is -0.309. The lowest BCUT2D eigenvalue weighted by atomic mass is 9.98. The van der Waals surface area contributed by atoms with Gasteiger partial charge in [-0.3, -0.25) is 18.9 Å². The molecule has 9 heteroatoms. The molecule has 6 heterocycles. The molecule has 1 N–H and O–H groups in total.